The molecule has 35 heavy (non-hydrogen) atoms. The Labute approximate surface area is 213 Å². The summed E-state index contributed by atoms with van der Waals surface area (Å²) in [6.45, 7) is 7.75. The van der Waals surface area contributed by atoms with Crippen molar-refractivity contribution in [3.63, 3.8) is 0 Å². The fourth-order valence-corrected chi connectivity index (χ4v) is 7.37. The van der Waals surface area contributed by atoms with Gasteiger partial charge in [0.25, 0.3) is 5.56 Å². The summed E-state index contributed by atoms with van der Waals surface area (Å²) in [5.74, 6) is 0.719. The van der Waals surface area contributed by atoms with Crippen LogP contribution in [-0.2, 0) is 18.4 Å². The predicted octanol–water partition coefficient (Wildman–Crippen LogP) is 4.00. The molecule has 2 aliphatic rings. The van der Waals surface area contributed by atoms with Crippen molar-refractivity contribution in [3.8, 4) is 0 Å². The number of anilines is 1. The van der Waals surface area contributed by atoms with Gasteiger partial charge in [0.05, 0.1) is 28.8 Å². The largest absolute Gasteiger partial charge is 0.598 e. The summed E-state index contributed by atoms with van der Waals surface area (Å²) < 4.78 is 17.6. The Morgan fingerprint density at radius 3 is 2.71 bits per heavy atom. The van der Waals surface area contributed by atoms with Crippen LogP contribution in [-0.4, -0.2) is 48.2 Å². The van der Waals surface area contributed by atoms with Gasteiger partial charge in [-0.15, -0.1) is 4.72 Å². The van der Waals surface area contributed by atoms with Crippen LogP contribution in [0.4, 0.5) is 5.95 Å². The van der Waals surface area contributed by atoms with Gasteiger partial charge in [0, 0.05) is 41.8 Å². The lowest BCUT2D eigenvalue weighted by atomic mass is 9.74. The molecule has 188 valence electrons. The lowest BCUT2D eigenvalue weighted by molar-refractivity contribution is 0.185. The van der Waals surface area contributed by atoms with Gasteiger partial charge >= 0.3 is 0 Å². The van der Waals surface area contributed by atoms with E-state index in [-0.39, 0.29) is 21.8 Å². The van der Waals surface area contributed by atoms with Crippen molar-refractivity contribution < 1.29 is 4.55 Å². The van der Waals surface area contributed by atoms with Crippen molar-refractivity contribution in [1.82, 2.24) is 24.5 Å². The number of H-pyrrole nitrogens is 1. The summed E-state index contributed by atoms with van der Waals surface area (Å²) in [4.78, 5) is 21.8. The first-order chi connectivity index (χ1) is 16.7. The molecule has 1 aromatic carbocycles. The van der Waals surface area contributed by atoms with Crippen LogP contribution in [0.1, 0.15) is 52.9 Å². The fourth-order valence-electron chi connectivity index (χ4n) is 5.41. The van der Waals surface area contributed by atoms with E-state index in [2.05, 4.69) is 19.8 Å². The van der Waals surface area contributed by atoms with E-state index >= 15 is 0 Å². The number of hydrogen-bond acceptors (Lipinski definition) is 7. The zero-order chi connectivity index (χ0) is 24.8. The summed E-state index contributed by atoms with van der Waals surface area (Å²) in [6, 6.07) is 6.21. The van der Waals surface area contributed by atoms with E-state index in [0.717, 1.165) is 54.1 Å². The number of benzene rings is 1. The molecule has 2 aromatic heterocycles. The topological polar surface area (TPSA) is 102 Å². The number of aromatic nitrogens is 4. The second-order valence-electron chi connectivity index (χ2n) is 10.8. The zero-order valence-corrected chi connectivity index (χ0v) is 22.5. The molecule has 2 fully saturated rings. The zero-order valence-electron chi connectivity index (χ0n) is 20.8. The highest BCUT2D eigenvalue weighted by Gasteiger charge is 2.48. The maximum atomic E-state index is 13.2. The number of aromatic amines is 1. The molecule has 1 saturated carbocycles. The van der Waals surface area contributed by atoms with Crippen molar-refractivity contribution in [3.05, 3.63) is 40.9 Å². The van der Waals surface area contributed by atoms with E-state index in [1.54, 1.807) is 17.0 Å². The Morgan fingerprint density at radius 2 is 1.97 bits per heavy atom. The lowest BCUT2D eigenvalue weighted by Crippen LogP contribution is -2.53. The molecule has 3 aromatic rings. The van der Waals surface area contributed by atoms with Crippen molar-refractivity contribution >= 4 is 40.0 Å². The minimum atomic E-state index is -1.06. The maximum absolute atomic E-state index is 13.2. The third kappa shape index (κ3) is 4.73. The highest BCUT2D eigenvalue weighted by Crippen LogP contribution is 2.47. The Morgan fingerprint density at radius 1 is 1.20 bits per heavy atom. The van der Waals surface area contributed by atoms with E-state index in [9.17, 15) is 9.35 Å². The van der Waals surface area contributed by atoms with Gasteiger partial charge in [0.15, 0.2) is 0 Å². The molecule has 0 radical (unpaired) electrons. The van der Waals surface area contributed by atoms with E-state index in [1.165, 1.54) is 24.6 Å². The molecule has 1 aliphatic heterocycles. The molecule has 1 unspecified atom stereocenters. The second kappa shape index (κ2) is 9.46. The fraction of sp³-hybridized carbons (Fsp3) is 0.560. The average Bonchev–Trinajstić information content (AvgIpc) is 3.45. The highest BCUT2D eigenvalue weighted by atomic mass is 32.2. The van der Waals surface area contributed by atoms with Crippen LogP contribution in [0.3, 0.4) is 0 Å². The van der Waals surface area contributed by atoms with E-state index in [0.29, 0.717) is 4.90 Å². The second-order valence-corrected chi connectivity index (χ2v) is 13.9. The molecular weight excluding hydrogens is 480 g/mol. The molecule has 1 spiro atoms. The Balaban J connectivity index is 1.30. The van der Waals surface area contributed by atoms with Crippen molar-refractivity contribution in [1.29, 1.82) is 0 Å². The van der Waals surface area contributed by atoms with Crippen LogP contribution >= 0.6 is 11.8 Å². The van der Waals surface area contributed by atoms with Crippen molar-refractivity contribution in [2.24, 2.45) is 12.5 Å². The molecule has 2 atom stereocenters. The van der Waals surface area contributed by atoms with Crippen LogP contribution in [0.15, 0.2) is 45.2 Å². The Kier molecular flexibility index (Phi) is 6.67. The summed E-state index contributed by atoms with van der Waals surface area (Å²) in [6.07, 6.45) is 8.94. The first-order valence-corrected chi connectivity index (χ1v) is 14.2. The van der Waals surface area contributed by atoms with Gasteiger partial charge < -0.3 is 9.45 Å². The highest BCUT2D eigenvalue weighted by molar-refractivity contribution is 7.99. The van der Waals surface area contributed by atoms with Gasteiger partial charge in [0.1, 0.15) is 4.75 Å². The van der Waals surface area contributed by atoms with Gasteiger partial charge in [0.2, 0.25) is 5.95 Å². The SMILES string of the molecule is Cn1c(N2CCC3(CCC[C@H]3N[S+]([O-])C(C)(C)C)CC2)ncc(Sc2cccc3[nH]ncc23)c1=O. The number of hydrogen-bond donors (Lipinski definition) is 2. The summed E-state index contributed by atoms with van der Waals surface area (Å²) in [7, 11) is 1.81. The van der Waals surface area contributed by atoms with Crippen molar-refractivity contribution in [2.75, 3.05) is 18.0 Å². The Hall–Kier alpha value is -2.01. The van der Waals surface area contributed by atoms with Gasteiger partial charge in [-0.2, -0.15) is 5.10 Å². The van der Waals surface area contributed by atoms with E-state index in [4.69, 9.17) is 4.98 Å². The summed E-state index contributed by atoms with van der Waals surface area (Å²) in [5, 5.41) is 8.09. The molecular formula is C25H34N6O2S2. The third-order valence-electron chi connectivity index (χ3n) is 7.53. The van der Waals surface area contributed by atoms with E-state index < -0.39 is 11.4 Å². The molecule has 1 saturated heterocycles. The van der Waals surface area contributed by atoms with E-state index in [1.807, 2.05) is 46.0 Å². The third-order valence-corrected chi connectivity index (χ3v) is 10.2. The van der Waals surface area contributed by atoms with Gasteiger partial charge in [-0.05, 0) is 64.0 Å². The molecule has 10 heteroatoms. The van der Waals surface area contributed by atoms with Gasteiger partial charge in [-0.1, -0.05) is 24.2 Å². The molecule has 0 bridgehead atoms. The molecule has 5 rings (SSSR count). The molecule has 2 N–H and O–H groups in total. The number of piperidine rings is 1. The van der Waals surface area contributed by atoms with Crippen molar-refractivity contribution in [2.45, 2.75) is 73.5 Å². The lowest BCUT2D eigenvalue weighted by Gasteiger charge is -2.44. The standard InChI is InChI=1S/C25H34N6O2S2/c1-24(2,3)35(33)29-21-9-6-10-25(21)11-13-31(14-12-25)23-26-16-20(22(32)30(23)4)34-19-8-5-7-18-17(19)15-27-28-18/h5,7-8,15-16,21,29H,6,9-14H2,1-4H3,(H,27,28)/t21-,35?/m1/s1. The quantitative estimate of drug-likeness (QED) is 0.496. The normalized spacial score (nSPS) is 21.2. The summed E-state index contributed by atoms with van der Waals surface area (Å²) >= 11 is 0.368. The maximum Gasteiger partial charge on any atom is 0.268 e. The van der Waals surface area contributed by atoms with Crippen LogP contribution < -0.4 is 15.2 Å². The number of rotatable bonds is 5. The average molecular weight is 515 g/mol. The Bertz CT molecular complexity index is 1260. The first kappa shape index (κ1) is 24.7. The minimum absolute atomic E-state index is 0.0400. The molecule has 0 amide bonds. The number of nitrogens with one attached hydrogen (secondary N) is 2. The van der Waals surface area contributed by atoms with Crippen LogP contribution in [0.5, 0.6) is 0 Å². The number of fused-ring (bicyclic) bond motifs is 1. The van der Waals surface area contributed by atoms with Crippen LogP contribution in [0.2, 0.25) is 0 Å². The molecule has 3 heterocycles. The van der Waals surface area contributed by atoms with Gasteiger partial charge in [-0.3, -0.25) is 14.5 Å². The monoisotopic (exact) mass is 514 g/mol. The van der Waals surface area contributed by atoms with Crippen LogP contribution in [0, 0.1) is 5.41 Å². The molecule has 1 aliphatic carbocycles. The summed E-state index contributed by atoms with van der Waals surface area (Å²) in [5.41, 5.74) is 1.08. The predicted molar refractivity (Wildman–Crippen MR) is 142 cm³/mol. The van der Waals surface area contributed by atoms with Gasteiger partial charge in [-0.25, -0.2) is 4.98 Å². The first-order valence-electron chi connectivity index (χ1n) is 12.3. The van der Waals surface area contributed by atoms with Crippen LogP contribution in [0.25, 0.3) is 10.9 Å². The molecule has 8 nitrogen and oxygen atoms in total. The smallest absolute Gasteiger partial charge is 0.268 e. The minimum Gasteiger partial charge on any atom is -0.598 e. The number of nitrogens with zero attached hydrogens (tertiary/aromatic N) is 4.